The van der Waals surface area contributed by atoms with E-state index in [1.807, 2.05) is 0 Å². The van der Waals surface area contributed by atoms with E-state index < -0.39 is 11.7 Å². The van der Waals surface area contributed by atoms with Gasteiger partial charge in [0.25, 0.3) is 0 Å². The molecule has 0 saturated carbocycles. The predicted octanol–water partition coefficient (Wildman–Crippen LogP) is 2.19. The standard InChI is InChI=1S/C4H2BrF3N2/c5-3-2(1-9-10-3)4(6,7)8/h1H,(H,9,10). The molecule has 0 radical (unpaired) electrons. The van der Waals surface area contributed by atoms with Crippen molar-refractivity contribution in [2.24, 2.45) is 0 Å². The lowest BCUT2D eigenvalue weighted by atomic mass is 10.4. The second-order valence-electron chi connectivity index (χ2n) is 1.60. The van der Waals surface area contributed by atoms with Gasteiger partial charge in [0.15, 0.2) is 0 Å². The average molecular weight is 215 g/mol. The van der Waals surface area contributed by atoms with Crippen molar-refractivity contribution in [3.8, 4) is 0 Å². The number of nitrogens with one attached hydrogen (secondary N) is 1. The Morgan fingerprint density at radius 3 is 2.30 bits per heavy atom. The lowest BCUT2D eigenvalue weighted by molar-refractivity contribution is -0.138. The molecule has 1 N–H and O–H groups in total. The van der Waals surface area contributed by atoms with Crippen LogP contribution in [0.4, 0.5) is 13.2 Å². The van der Waals surface area contributed by atoms with Crippen LogP contribution >= 0.6 is 15.9 Å². The summed E-state index contributed by atoms with van der Waals surface area (Å²) in [5, 5.41) is 5.32. The highest BCUT2D eigenvalue weighted by molar-refractivity contribution is 9.10. The van der Waals surface area contributed by atoms with Crippen molar-refractivity contribution in [2.75, 3.05) is 0 Å². The van der Waals surface area contributed by atoms with Gasteiger partial charge in [0.2, 0.25) is 0 Å². The fourth-order valence-corrected chi connectivity index (χ4v) is 0.898. The molecule has 1 rings (SSSR count). The Morgan fingerprint density at radius 2 is 2.10 bits per heavy atom. The van der Waals surface area contributed by atoms with Crippen LogP contribution in [0.2, 0.25) is 0 Å². The Morgan fingerprint density at radius 1 is 1.50 bits per heavy atom. The molecule has 6 heteroatoms. The van der Waals surface area contributed by atoms with Gasteiger partial charge in [0, 0.05) is 0 Å². The Hall–Kier alpha value is -0.520. The topological polar surface area (TPSA) is 28.7 Å². The van der Waals surface area contributed by atoms with E-state index in [2.05, 4.69) is 26.1 Å². The van der Waals surface area contributed by atoms with E-state index >= 15 is 0 Å². The van der Waals surface area contributed by atoms with Crippen LogP contribution in [-0.2, 0) is 6.18 Å². The third-order valence-corrected chi connectivity index (χ3v) is 1.50. The van der Waals surface area contributed by atoms with E-state index in [1.54, 1.807) is 0 Å². The second kappa shape index (κ2) is 2.26. The molecule has 56 valence electrons. The van der Waals surface area contributed by atoms with Crippen molar-refractivity contribution in [3.63, 3.8) is 0 Å². The van der Waals surface area contributed by atoms with Crippen molar-refractivity contribution in [1.29, 1.82) is 0 Å². The zero-order chi connectivity index (χ0) is 7.78. The molecule has 0 aromatic carbocycles. The van der Waals surface area contributed by atoms with Gasteiger partial charge in [0.1, 0.15) is 10.2 Å². The van der Waals surface area contributed by atoms with E-state index in [1.165, 1.54) is 0 Å². The molecule has 0 spiro atoms. The van der Waals surface area contributed by atoms with Crippen molar-refractivity contribution in [1.82, 2.24) is 10.2 Å². The SMILES string of the molecule is FC(F)(F)c1cn[nH]c1Br. The van der Waals surface area contributed by atoms with Crippen LogP contribution in [0.15, 0.2) is 10.8 Å². The zero-order valence-electron chi connectivity index (χ0n) is 4.54. The first-order valence-electron chi connectivity index (χ1n) is 2.28. The monoisotopic (exact) mass is 214 g/mol. The third-order valence-electron chi connectivity index (χ3n) is 0.898. The first-order valence-corrected chi connectivity index (χ1v) is 3.07. The molecule has 0 fully saturated rings. The maximum Gasteiger partial charge on any atom is 0.420 e. The molecular formula is C4H2BrF3N2. The van der Waals surface area contributed by atoms with Gasteiger partial charge in [-0.15, -0.1) is 0 Å². The van der Waals surface area contributed by atoms with Gasteiger partial charge in [-0.1, -0.05) is 0 Å². The summed E-state index contributed by atoms with van der Waals surface area (Å²) >= 11 is 2.66. The minimum atomic E-state index is -4.33. The van der Waals surface area contributed by atoms with Gasteiger partial charge in [-0.25, -0.2) is 0 Å². The summed E-state index contributed by atoms with van der Waals surface area (Å²) in [6.07, 6.45) is -3.60. The molecule has 0 aliphatic rings. The molecule has 2 nitrogen and oxygen atoms in total. The summed E-state index contributed by atoms with van der Waals surface area (Å²) in [6.45, 7) is 0. The van der Waals surface area contributed by atoms with E-state index in [0.717, 1.165) is 6.20 Å². The first kappa shape index (κ1) is 7.59. The van der Waals surface area contributed by atoms with Crippen LogP contribution in [0.1, 0.15) is 5.56 Å². The smallest absolute Gasteiger partial charge is 0.271 e. The van der Waals surface area contributed by atoms with E-state index in [-0.39, 0.29) is 4.60 Å². The second-order valence-corrected chi connectivity index (χ2v) is 2.39. The summed E-state index contributed by atoms with van der Waals surface area (Å²) in [5.41, 5.74) is -0.785. The fraction of sp³-hybridized carbons (Fsp3) is 0.250. The summed E-state index contributed by atoms with van der Waals surface area (Å²) < 4.78 is 35.2. The van der Waals surface area contributed by atoms with Gasteiger partial charge < -0.3 is 0 Å². The largest absolute Gasteiger partial charge is 0.420 e. The van der Waals surface area contributed by atoms with Gasteiger partial charge in [-0.05, 0) is 15.9 Å². The molecule has 0 aliphatic heterocycles. The summed E-state index contributed by atoms with van der Waals surface area (Å²) in [4.78, 5) is 0. The van der Waals surface area contributed by atoms with Crippen molar-refractivity contribution < 1.29 is 13.2 Å². The number of rotatable bonds is 0. The van der Waals surface area contributed by atoms with Crippen LogP contribution < -0.4 is 0 Å². The predicted molar refractivity (Wildman–Crippen MR) is 31.3 cm³/mol. The molecule has 1 aromatic heterocycles. The van der Waals surface area contributed by atoms with Crippen molar-refractivity contribution >= 4 is 15.9 Å². The van der Waals surface area contributed by atoms with Crippen molar-refractivity contribution in [2.45, 2.75) is 6.18 Å². The molecule has 0 saturated heterocycles. The van der Waals surface area contributed by atoms with Crippen molar-refractivity contribution in [3.05, 3.63) is 16.4 Å². The molecule has 0 atom stereocenters. The Bertz CT molecular complexity index is 229. The molecule has 10 heavy (non-hydrogen) atoms. The molecule has 1 aromatic rings. The third kappa shape index (κ3) is 1.31. The minimum Gasteiger partial charge on any atom is -0.271 e. The van der Waals surface area contributed by atoms with E-state index in [4.69, 9.17) is 0 Å². The van der Waals surface area contributed by atoms with Gasteiger partial charge in [0.05, 0.1) is 6.20 Å². The Kier molecular flexibility index (Phi) is 1.72. The zero-order valence-corrected chi connectivity index (χ0v) is 6.12. The molecule has 0 amide bonds. The van der Waals surface area contributed by atoms with Crippen LogP contribution in [0.3, 0.4) is 0 Å². The molecule has 1 heterocycles. The number of nitrogens with zero attached hydrogens (tertiary/aromatic N) is 1. The van der Waals surface area contributed by atoms with Crippen LogP contribution in [0.25, 0.3) is 0 Å². The van der Waals surface area contributed by atoms with Gasteiger partial charge in [-0.2, -0.15) is 18.3 Å². The van der Waals surface area contributed by atoms with E-state index in [9.17, 15) is 13.2 Å². The maximum absolute atomic E-state index is 11.8. The quantitative estimate of drug-likeness (QED) is 0.705. The maximum atomic E-state index is 11.8. The Balaban J connectivity index is 3.05. The molecule has 0 bridgehead atoms. The Labute approximate surface area is 62.6 Å². The van der Waals surface area contributed by atoms with Gasteiger partial charge in [-0.3, -0.25) is 5.10 Å². The highest BCUT2D eigenvalue weighted by Crippen LogP contribution is 2.32. The summed E-state index contributed by atoms with van der Waals surface area (Å²) in [5.74, 6) is 0. The minimum absolute atomic E-state index is 0.139. The molecule has 0 unspecified atom stereocenters. The summed E-state index contributed by atoms with van der Waals surface area (Å²) in [7, 11) is 0. The number of aromatic nitrogens is 2. The normalized spacial score (nSPS) is 12.0. The average Bonchev–Trinajstić information content (AvgIpc) is 2.11. The molecule has 0 aliphatic carbocycles. The van der Waals surface area contributed by atoms with Crippen LogP contribution in [-0.4, -0.2) is 10.2 Å². The lowest BCUT2D eigenvalue weighted by Gasteiger charge is -2.01. The first-order chi connectivity index (χ1) is 4.52. The highest BCUT2D eigenvalue weighted by atomic mass is 79.9. The summed E-state index contributed by atoms with van der Waals surface area (Å²) in [6, 6.07) is 0. The number of hydrogen-bond acceptors (Lipinski definition) is 1. The number of halogens is 4. The molecular weight excluding hydrogens is 213 g/mol. The number of hydrogen-bond donors (Lipinski definition) is 1. The van der Waals surface area contributed by atoms with E-state index in [0.29, 0.717) is 0 Å². The highest BCUT2D eigenvalue weighted by Gasteiger charge is 2.34. The van der Waals surface area contributed by atoms with Crippen LogP contribution in [0.5, 0.6) is 0 Å². The lowest BCUT2D eigenvalue weighted by Crippen LogP contribution is -2.03. The number of H-pyrrole nitrogens is 1. The fourth-order valence-electron chi connectivity index (χ4n) is 0.468. The van der Waals surface area contributed by atoms with Crippen LogP contribution in [0, 0.1) is 0 Å². The number of aromatic amines is 1. The van der Waals surface area contributed by atoms with Gasteiger partial charge >= 0.3 is 6.18 Å². The number of alkyl halides is 3.